The van der Waals surface area contributed by atoms with Gasteiger partial charge in [0.15, 0.2) is 0 Å². The van der Waals surface area contributed by atoms with Crippen molar-refractivity contribution < 1.29 is 9.53 Å². The summed E-state index contributed by atoms with van der Waals surface area (Å²) < 4.78 is 7.03. The standard InChI is InChI=1S/C16H20N2O2S/c1-10(2)18-16(19)15-14(12-9-17-7-8-20-12)11-5-3-4-6-13(11)21-15/h3-6,10,12,17H,7-9H2,1-2H3,(H,18,19)/t12-/m0/s1. The van der Waals surface area contributed by atoms with E-state index < -0.39 is 0 Å². The number of hydrogen-bond donors (Lipinski definition) is 2. The molecular formula is C16H20N2O2S. The predicted octanol–water partition coefficient (Wildman–Crippen LogP) is 2.70. The zero-order chi connectivity index (χ0) is 14.8. The first-order valence-electron chi connectivity index (χ1n) is 7.31. The van der Waals surface area contributed by atoms with Gasteiger partial charge in [0.2, 0.25) is 0 Å². The molecule has 2 heterocycles. The van der Waals surface area contributed by atoms with Gasteiger partial charge in [-0.05, 0) is 25.3 Å². The first-order valence-corrected chi connectivity index (χ1v) is 8.13. The van der Waals surface area contributed by atoms with Gasteiger partial charge in [-0.1, -0.05) is 18.2 Å². The lowest BCUT2D eigenvalue weighted by molar-refractivity contribution is 0.0282. The number of carbonyl (C=O) groups is 1. The minimum absolute atomic E-state index is 0.00428. The molecule has 1 saturated heterocycles. The van der Waals surface area contributed by atoms with E-state index in [1.807, 2.05) is 26.0 Å². The lowest BCUT2D eigenvalue weighted by Crippen LogP contribution is -2.35. The van der Waals surface area contributed by atoms with E-state index in [2.05, 4.69) is 22.8 Å². The van der Waals surface area contributed by atoms with Crippen molar-refractivity contribution >= 4 is 27.3 Å². The molecule has 0 saturated carbocycles. The second-order valence-electron chi connectivity index (χ2n) is 5.53. The largest absolute Gasteiger partial charge is 0.371 e. The van der Waals surface area contributed by atoms with Crippen LogP contribution in [0.4, 0.5) is 0 Å². The zero-order valence-corrected chi connectivity index (χ0v) is 13.1. The number of hydrogen-bond acceptors (Lipinski definition) is 4. The summed E-state index contributed by atoms with van der Waals surface area (Å²) in [6.45, 7) is 6.25. The number of ether oxygens (including phenoxy) is 1. The van der Waals surface area contributed by atoms with Crippen molar-refractivity contribution in [2.24, 2.45) is 0 Å². The van der Waals surface area contributed by atoms with Gasteiger partial charge in [-0.2, -0.15) is 0 Å². The molecule has 0 aliphatic carbocycles. The third kappa shape index (κ3) is 2.95. The number of morpholine rings is 1. The molecule has 1 fully saturated rings. The summed E-state index contributed by atoms with van der Waals surface area (Å²) in [4.78, 5) is 13.3. The van der Waals surface area contributed by atoms with E-state index in [1.165, 1.54) is 0 Å². The van der Waals surface area contributed by atoms with E-state index in [4.69, 9.17) is 4.74 Å². The topological polar surface area (TPSA) is 50.4 Å². The van der Waals surface area contributed by atoms with Crippen molar-refractivity contribution in [2.75, 3.05) is 19.7 Å². The van der Waals surface area contributed by atoms with Crippen LogP contribution in [0.25, 0.3) is 10.1 Å². The van der Waals surface area contributed by atoms with E-state index in [1.54, 1.807) is 11.3 Å². The van der Waals surface area contributed by atoms with Crippen molar-refractivity contribution in [3.8, 4) is 0 Å². The van der Waals surface area contributed by atoms with Crippen LogP contribution in [0.2, 0.25) is 0 Å². The fourth-order valence-corrected chi connectivity index (χ4v) is 3.79. The fourth-order valence-electron chi connectivity index (χ4n) is 2.63. The summed E-state index contributed by atoms with van der Waals surface area (Å²) in [5.74, 6) is -0.00428. The van der Waals surface area contributed by atoms with Crippen LogP contribution in [0.1, 0.15) is 35.2 Å². The highest BCUT2D eigenvalue weighted by Gasteiger charge is 2.27. The zero-order valence-electron chi connectivity index (χ0n) is 12.3. The minimum atomic E-state index is -0.0530. The van der Waals surface area contributed by atoms with Crippen molar-refractivity contribution in [1.29, 1.82) is 0 Å². The molecule has 1 amide bonds. The average Bonchev–Trinajstić information content (AvgIpc) is 2.87. The second-order valence-corrected chi connectivity index (χ2v) is 6.58. The van der Waals surface area contributed by atoms with Crippen molar-refractivity contribution in [3.63, 3.8) is 0 Å². The molecule has 0 radical (unpaired) electrons. The summed E-state index contributed by atoms with van der Waals surface area (Å²) >= 11 is 1.55. The van der Waals surface area contributed by atoms with Crippen LogP contribution in [-0.4, -0.2) is 31.6 Å². The van der Waals surface area contributed by atoms with Gasteiger partial charge in [-0.25, -0.2) is 0 Å². The highest BCUT2D eigenvalue weighted by atomic mass is 32.1. The van der Waals surface area contributed by atoms with Gasteiger partial charge in [0.05, 0.1) is 17.6 Å². The minimum Gasteiger partial charge on any atom is -0.371 e. The van der Waals surface area contributed by atoms with E-state index in [9.17, 15) is 4.79 Å². The molecular weight excluding hydrogens is 284 g/mol. The number of carbonyl (C=O) groups excluding carboxylic acids is 1. The summed E-state index contributed by atoms with van der Waals surface area (Å²) in [7, 11) is 0. The molecule has 0 bridgehead atoms. The molecule has 21 heavy (non-hydrogen) atoms. The molecule has 2 N–H and O–H groups in total. The number of benzene rings is 1. The van der Waals surface area contributed by atoms with Crippen molar-refractivity contribution in [3.05, 3.63) is 34.7 Å². The first-order chi connectivity index (χ1) is 10.2. The van der Waals surface area contributed by atoms with E-state index in [0.717, 1.165) is 33.6 Å². The van der Waals surface area contributed by atoms with Crippen LogP contribution in [0.3, 0.4) is 0 Å². The van der Waals surface area contributed by atoms with Gasteiger partial charge in [0.25, 0.3) is 5.91 Å². The highest BCUT2D eigenvalue weighted by molar-refractivity contribution is 7.21. The van der Waals surface area contributed by atoms with E-state index in [0.29, 0.717) is 6.61 Å². The normalized spacial score (nSPS) is 19.1. The van der Waals surface area contributed by atoms with Crippen LogP contribution in [0.5, 0.6) is 0 Å². The van der Waals surface area contributed by atoms with Crippen molar-refractivity contribution in [2.45, 2.75) is 26.0 Å². The van der Waals surface area contributed by atoms with Crippen molar-refractivity contribution in [1.82, 2.24) is 10.6 Å². The van der Waals surface area contributed by atoms with Gasteiger partial charge in [0, 0.05) is 29.4 Å². The Kier molecular flexibility index (Phi) is 4.24. The average molecular weight is 304 g/mol. The Morgan fingerprint density at radius 3 is 2.95 bits per heavy atom. The quantitative estimate of drug-likeness (QED) is 0.916. The Bertz CT molecular complexity index is 645. The Labute approximate surface area is 128 Å². The Balaban J connectivity index is 2.07. The molecule has 4 nitrogen and oxygen atoms in total. The summed E-state index contributed by atoms with van der Waals surface area (Å²) in [6.07, 6.45) is -0.0530. The van der Waals surface area contributed by atoms with Crippen LogP contribution >= 0.6 is 11.3 Å². The van der Waals surface area contributed by atoms with Gasteiger partial charge in [-0.15, -0.1) is 11.3 Å². The number of rotatable bonds is 3. The Morgan fingerprint density at radius 2 is 2.24 bits per heavy atom. The molecule has 1 aromatic carbocycles. The molecule has 112 valence electrons. The molecule has 3 rings (SSSR count). The summed E-state index contributed by atoms with van der Waals surface area (Å²) in [6, 6.07) is 8.28. The highest BCUT2D eigenvalue weighted by Crippen LogP contribution is 2.37. The van der Waals surface area contributed by atoms with Crippen LogP contribution in [0, 0.1) is 0 Å². The monoisotopic (exact) mass is 304 g/mol. The maximum absolute atomic E-state index is 12.5. The number of nitrogens with one attached hydrogen (secondary N) is 2. The number of thiophene rings is 1. The molecule has 1 aliphatic heterocycles. The lowest BCUT2D eigenvalue weighted by Gasteiger charge is -2.24. The SMILES string of the molecule is CC(C)NC(=O)c1sc2ccccc2c1[C@@H]1CNCCO1. The third-order valence-corrected chi connectivity index (χ3v) is 4.69. The van der Waals surface area contributed by atoms with E-state index >= 15 is 0 Å². The smallest absolute Gasteiger partial charge is 0.261 e. The van der Waals surface area contributed by atoms with Gasteiger partial charge < -0.3 is 15.4 Å². The number of fused-ring (bicyclic) bond motifs is 1. The molecule has 5 heteroatoms. The summed E-state index contributed by atoms with van der Waals surface area (Å²) in [5.41, 5.74) is 1.03. The Hall–Kier alpha value is -1.43. The van der Waals surface area contributed by atoms with E-state index in [-0.39, 0.29) is 18.1 Å². The van der Waals surface area contributed by atoms with Gasteiger partial charge >= 0.3 is 0 Å². The second kappa shape index (κ2) is 6.13. The maximum atomic E-state index is 12.5. The summed E-state index contributed by atoms with van der Waals surface area (Å²) in [5, 5.41) is 7.47. The van der Waals surface area contributed by atoms with Crippen LogP contribution in [-0.2, 0) is 4.74 Å². The van der Waals surface area contributed by atoms with Crippen LogP contribution in [0.15, 0.2) is 24.3 Å². The molecule has 0 spiro atoms. The maximum Gasteiger partial charge on any atom is 0.261 e. The Morgan fingerprint density at radius 1 is 1.43 bits per heavy atom. The molecule has 1 atom stereocenters. The van der Waals surface area contributed by atoms with Crippen LogP contribution < -0.4 is 10.6 Å². The molecule has 1 aromatic heterocycles. The lowest BCUT2D eigenvalue weighted by atomic mass is 10.0. The fraction of sp³-hybridized carbons (Fsp3) is 0.438. The molecule has 1 aliphatic rings. The predicted molar refractivity (Wildman–Crippen MR) is 86.0 cm³/mol. The molecule has 2 aromatic rings. The van der Waals surface area contributed by atoms with Gasteiger partial charge in [0.1, 0.15) is 0 Å². The molecule has 0 unspecified atom stereocenters. The van der Waals surface area contributed by atoms with Gasteiger partial charge in [-0.3, -0.25) is 4.79 Å². The number of amides is 1. The first kappa shape index (κ1) is 14.5. The third-order valence-electron chi connectivity index (χ3n) is 3.51.